The number of ether oxygens (including phenoxy) is 1. The highest BCUT2D eigenvalue weighted by Gasteiger charge is 2.14. The highest BCUT2D eigenvalue weighted by atomic mass is 32.1. The van der Waals surface area contributed by atoms with Crippen molar-refractivity contribution in [2.75, 3.05) is 12.4 Å². The van der Waals surface area contributed by atoms with Gasteiger partial charge in [-0.05, 0) is 61.9 Å². The zero-order valence-electron chi connectivity index (χ0n) is 15.9. The minimum Gasteiger partial charge on any atom is -0.496 e. The van der Waals surface area contributed by atoms with Crippen molar-refractivity contribution in [2.45, 2.75) is 13.8 Å². The van der Waals surface area contributed by atoms with Crippen molar-refractivity contribution in [1.29, 1.82) is 0 Å². The summed E-state index contributed by atoms with van der Waals surface area (Å²) in [6, 6.07) is 19.7. The molecule has 0 saturated carbocycles. The van der Waals surface area contributed by atoms with E-state index in [9.17, 15) is 4.79 Å². The van der Waals surface area contributed by atoms with Gasteiger partial charge < -0.3 is 10.1 Å². The number of amides is 1. The lowest BCUT2D eigenvalue weighted by Crippen LogP contribution is -2.14. The van der Waals surface area contributed by atoms with E-state index in [-0.39, 0.29) is 5.91 Å². The number of aromatic nitrogens is 1. The third kappa shape index (κ3) is 3.49. The number of hydrogen-bond acceptors (Lipinski definition) is 4. The molecule has 0 spiro atoms. The first-order valence-electron chi connectivity index (χ1n) is 8.98. The number of thiazole rings is 1. The number of nitrogens with one attached hydrogen (secondary N) is 1. The first kappa shape index (κ1) is 18.2. The Kier molecular flexibility index (Phi) is 4.84. The predicted octanol–water partition coefficient (Wildman–Crippen LogP) is 5.84. The van der Waals surface area contributed by atoms with Gasteiger partial charge in [-0.15, -0.1) is 11.3 Å². The number of methoxy groups -OCH3 is 1. The molecule has 0 aliphatic carbocycles. The lowest BCUT2D eigenvalue weighted by atomic mass is 10.1. The van der Waals surface area contributed by atoms with Crippen LogP contribution in [-0.4, -0.2) is 18.0 Å². The molecule has 0 saturated heterocycles. The zero-order chi connectivity index (χ0) is 19.7. The number of benzene rings is 3. The zero-order valence-corrected chi connectivity index (χ0v) is 16.8. The van der Waals surface area contributed by atoms with Gasteiger partial charge in [0.05, 0.1) is 22.9 Å². The number of carbonyl (C=O) groups excluding carboxylic acids is 1. The predicted molar refractivity (Wildman–Crippen MR) is 115 cm³/mol. The maximum atomic E-state index is 12.8. The summed E-state index contributed by atoms with van der Waals surface area (Å²) in [5, 5.41) is 3.97. The fourth-order valence-corrected chi connectivity index (χ4v) is 4.08. The molecular formula is C23H20N2O2S. The second-order valence-corrected chi connectivity index (χ2v) is 7.70. The first-order chi connectivity index (χ1) is 13.5. The Morgan fingerprint density at radius 3 is 2.61 bits per heavy atom. The van der Waals surface area contributed by atoms with Crippen LogP contribution in [0.25, 0.3) is 20.8 Å². The molecule has 4 rings (SSSR count). The van der Waals surface area contributed by atoms with Crippen LogP contribution in [0.2, 0.25) is 0 Å². The number of anilines is 1. The fourth-order valence-electron chi connectivity index (χ4n) is 3.12. The van der Waals surface area contributed by atoms with Crippen LogP contribution in [0.4, 0.5) is 5.69 Å². The van der Waals surface area contributed by atoms with Gasteiger partial charge in [-0.25, -0.2) is 4.98 Å². The number of para-hydroxylation sites is 1. The number of aryl methyl sites for hydroxylation is 2. The summed E-state index contributed by atoms with van der Waals surface area (Å²) in [4.78, 5) is 17.5. The topological polar surface area (TPSA) is 51.2 Å². The van der Waals surface area contributed by atoms with Crippen LogP contribution < -0.4 is 10.1 Å². The summed E-state index contributed by atoms with van der Waals surface area (Å²) in [5.74, 6) is 0.378. The lowest BCUT2D eigenvalue weighted by molar-refractivity contribution is 0.102. The molecule has 1 N–H and O–H groups in total. The molecule has 0 radical (unpaired) electrons. The van der Waals surface area contributed by atoms with Crippen LogP contribution in [0.15, 0.2) is 60.7 Å². The van der Waals surface area contributed by atoms with E-state index < -0.39 is 0 Å². The standard InChI is InChI=1S/C23H20N2O2S/c1-14-8-11-20(27-3)17(12-14)22(26)24-18-10-9-16(13-15(18)2)23-25-19-6-4-5-7-21(19)28-23/h4-13H,1-3H3,(H,24,26). The molecule has 0 aliphatic rings. The van der Waals surface area contributed by atoms with E-state index in [0.29, 0.717) is 11.3 Å². The summed E-state index contributed by atoms with van der Waals surface area (Å²) in [7, 11) is 1.57. The van der Waals surface area contributed by atoms with Crippen LogP contribution in [0.3, 0.4) is 0 Å². The van der Waals surface area contributed by atoms with E-state index in [2.05, 4.69) is 17.4 Å². The van der Waals surface area contributed by atoms with Gasteiger partial charge >= 0.3 is 0 Å². The van der Waals surface area contributed by atoms with Crippen LogP contribution in [-0.2, 0) is 0 Å². The Hall–Kier alpha value is -3.18. The van der Waals surface area contributed by atoms with Crippen molar-refractivity contribution in [3.05, 3.63) is 77.4 Å². The minimum atomic E-state index is -0.184. The molecule has 0 aliphatic heterocycles. The Balaban J connectivity index is 1.61. The largest absolute Gasteiger partial charge is 0.496 e. The molecule has 3 aromatic carbocycles. The number of carbonyl (C=O) groups is 1. The molecule has 0 fully saturated rings. The Bertz CT molecular complexity index is 1150. The summed E-state index contributed by atoms with van der Waals surface area (Å²) < 4.78 is 6.49. The summed E-state index contributed by atoms with van der Waals surface area (Å²) in [6.07, 6.45) is 0. The maximum Gasteiger partial charge on any atom is 0.259 e. The van der Waals surface area contributed by atoms with Gasteiger partial charge in [-0.1, -0.05) is 23.8 Å². The van der Waals surface area contributed by atoms with Crippen molar-refractivity contribution in [3.63, 3.8) is 0 Å². The second-order valence-electron chi connectivity index (χ2n) is 6.67. The number of hydrogen-bond donors (Lipinski definition) is 1. The van der Waals surface area contributed by atoms with Gasteiger partial charge in [0.15, 0.2) is 0 Å². The molecule has 1 amide bonds. The minimum absolute atomic E-state index is 0.184. The van der Waals surface area contributed by atoms with Gasteiger partial charge in [0.2, 0.25) is 0 Å². The third-order valence-corrected chi connectivity index (χ3v) is 5.70. The van der Waals surface area contributed by atoms with Crippen molar-refractivity contribution < 1.29 is 9.53 Å². The van der Waals surface area contributed by atoms with Crippen molar-refractivity contribution in [1.82, 2.24) is 4.98 Å². The van der Waals surface area contributed by atoms with Crippen LogP contribution in [0.5, 0.6) is 5.75 Å². The van der Waals surface area contributed by atoms with E-state index in [1.165, 1.54) is 4.70 Å². The van der Waals surface area contributed by atoms with Gasteiger partial charge in [0.25, 0.3) is 5.91 Å². The third-order valence-electron chi connectivity index (χ3n) is 4.62. The van der Waals surface area contributed by atoms with E-state index in [4.69, 9.17) is 9.72 Å². The van der Waals surface area contributed by atoms with Gasteiger partial charge in [0, 0.05) is 11.3 Å². The summed E-state index contributed by atoms with van der Waals surface area (Å²) in [5.41, 5.74) is 5.34. The van der Waals surface area contributed by atoms with Crippen LogP contribution in [0.1, 0.15) is 21.5 Å². The highest BCUT2D eigenvalue weighted by Crippen LogP contribution is 2.32. The quantitative estimate of drug-likeness (QED) is 0.478. The SMILES string of the molecule is COc1ccc(C)cc1C(=O)Nc1ccc(-c2nc3ccccc3s2)cc1C. The maximum absolute atomic E-state index is 12.8. The average Bonchev–Trinajstić information content (AvgIpc) is 3.13. The van der Waals surface area contributed by atoms with E-state index in [1.807, 2.05) is 62.4 Å². The average molecular weight is 388 g/mol. The van der Waals surface area contributed by atoms with Crippen molar-refractivity contribution in [2.24, 2.45) is 0 Å². The smallest absolute Gasteiger partial charge is 0.259 e. The highest BCUT2D eigenvalue weighted by molar-refractivity contribution is 7.21. The normalized spacial score (nSPS) is 10.8. The Morgan fingerprint density at radius 2 is 1.86 bits per heavy atom. The molecule has 1 heterocycles. The summed E-state index contributed by atoms with van der Waals surface area (Å²) >= 11 is 1.67. The lowest BCUT2D eigenvalue weighted by Gasteiger charge is -2.12. The first-order valence-corrected chi connectivity index (χ1v) is 9.79. The number of nitrogens with zero attached hydrogens (tertiary/aromatic N) is 1. The molecule has 140 valence electrons. The number of fused-ring (bicyclic) bond motifs is 1. The molecule has 5 heteroatoms. The Labute approximate surface area is 167 Å². The molecule has 4 aromatic rings. The molecule has 0 atom stereocenters. The van der Waals surface area contributed by atoms with Gasteiger partial charge in [-0.3, -0.25) is 4.79 Å². The van der Waals surface area contributed by atoms with E-state index in [1.54, 1.807) is 18.4 Å². The van der Waals surface area contributed by atoms with Gasteiger partial charge in [0.1, 0.15) is 10.8 Å². The molecule has 1 aromatic heterocycles. The molecule has 4 nitrogen and oxygen atoms in total. The van der Waals surface area contributed by atoms with Crippen molar-refractivity contribution >= 4 is 33.1 Å². The van der Waals surface area contributed by atoms with Crippen LogP contribution >= 0.6 is 11.3 Å². The monoisotopic (exact) mass is 388 g/mol. The number of rotatable bonds is 4. The summed E-state index contributed by atoms with van der Waals surface area (Å²) in [6.45, 7) is 3.94. The molecule has 0 unspecified atom stereocenters. The fraction of sp³-hybridized carbons (Fsp3) is 0.130. The molecule has 28 heavy (non-hydrogen) atoms. The van der Waals surface area contributed by atoms with E-state index in [0.717, 1.165) is 32.9 Å². The van der Waals surface area contributed by atoms with E-state index >= 15 is 0 Å². The second kappa shape index (κ2) is 7.44. The van der Waals surface area contributed by atoms with Crippen molar-refractivity contribution in [3.8, 4) is 16.3 Å². The molecule has 0 bridgehead atoms. The Morgan fingerprint density at radius 1 is 1.04 bits per heavy atom. The van der Waals surface area contributed by atoms with Crippen LogP contribution in [0, 0.1) is 13.8 Å². The van der Waals surface area contributed by atoms with Gasteiger partial charge in [-0.2, -0.15) is 0 Å². The molecular weight excluding hydrogens is 368 g/mol.